The van der Waals surface area contributed by atoms with Gasteiger partial charge in [-0.05, 0) is 50.4 Å². The number of likely N-dealkylation sites (tertiary alicyclic amines) is 1. The molecule has 0 saturated carbocycles. The molecular weight excluding hydrogens is 298 g/mol. The van der Waals surface area contributed by atoms with Crippen LogP contribution in [0.4, 0.5) is 0 Å². The molecule has 124 valence electrons. The lowest BCUT2D eigenvalue weighted by molar-refractivity contribution is 0.152. The summed E-state index contributed by atoms with van der Waals surface area (Å²) in [5.74, 6) is 0. The van der Waals surface area contributed by atoms with Crippen molar-refractivity contribution in [3.05, 3.63) is 57.5 Å². The highest BCUT2D eigenvalue weighted by Gasteiger charge is 2.18. The minimum absolute atomic E-state index is 0.179. The van der Waals surface area contributed by atoms with Crippen LogP contribution in [-0.2, 0) is 6.54 Å². The van der Waals surface area contributed by atoms with Gasteiger partial charge in [0, 0.05) is 23.8 Å². The summed E-state index contributed by atoms with van der Waals surface area (Å²) >= 11 is 0. The number of benzene rings is 1. The van der Waals surface area contributed by atoms with E-state index in [1.807, 2.05) is 31.2 Å². The number of nitriles is 1. The molecule has 0 bridgehead atoms. The third kappa shape index (κ3) is 3.42. The van der Waals surface area contributed by atoms with E-state index in [0.29, 0.717) is 11.6 Å². The van der Waals surface area contributed by atoms with Crippen molar-refractivity contribution in [3.8, 4) is 17.2 Å². The second kappa shape index (κ2) is 7.02. The number of H-pyrrole nitrogens is 1. The number of nitrogens with zero attached hydrogens (tertiary/aromatic N) is 2. The van der Waals surface area contributed by atoms with Crippen molar-refractivity contribution in [1.29, 1.82) is 5.26 Å². The van der Waals surface area contributed by atoms with E-state index in [-0.39, 0.29) is 11.1 Å². The molecule has 3 rings (SSSR count). The molecule has 2 aromatic rings. The summed E-state index contributed by atoms with van der Waals surface area (Å²) in [5, 5.41) is 9.27. The maximum Gasteiger partial charge on any atom is 0.266 e. The Morgan fingerprint density at radius 2 is 2.04 bits per heavy atom. The van der Waals surface area contributed by atoms with Crippen LogP contribution in [0.2, 0.25) is 0 Å². The Morgan fingerprint density at radius 1 is 1.29 bits per heavy atom. The smallest absolute Gasteiger partial charge is 0.266 e. The van der Waals surface area contributed by atoms with Crippen LogP contribution in [0.5, 0.6) is 0 Å². The molecule has 0 aliphatic carbocycles. The maximum absolute atomic E-state index is 11.9. The lowest BCUT2D eigenvalue weighted by Gasteiger charge is -2.33. The van der Waals surface area contributed by atoms with Crippen molar-refractivity contribution in [2.24, 2.45) is 0 Å². The first kappa shape index (κ1) is 16.5. The number of aromatic nitrogens is 1. The Hall–Kier alpha value is -2.38. The highest BCUT2D eigenvalue weighted by molar-refractivity contribution is 5.70. The number of nitrogens with one attached hydrogen (secondary N) is 1. The van der Waals surface area contributed by atoms with E-state index < -0.39 is 0 Å². The van der Waals surface area contributed by atoms with Crippen LogP contribution >= 0.6 is 0 Å². The molecule has 0 radical (unpaired) electrons. The predicted octanol–water partition coefficient (Wildman–Crippen LogP) is 3.60. The molecule has 2 heterocycles. The minimum atomic E-state index is -0.321. The topological polar surface area (TPSA) is 59.9 Å². The zero-order valence-electron chi connectivity index (χ0n) is 14.3. The third-order valence-electron chi connectivity index (χ3n) is 4.87. The van der Waals surface area contributed by atoms with Gasteiger partial charge in [-0.2, -0.15) is 5.26 Å². The zero-order valence-corrected chi connectivity index (χ0v) is 14.3. The van der Waals surface area contributed by atoms with Crippen molar-refractivity contribution >= 4 is 0 Å². The van der Waals surface area contributed by atoms with Crippen LogP contribution in [0, 0.1) is 18.3 Å². The fourth-order valence-corrected chi connectivity index (χ4v) is 3.44. The Bertz CT molecular complexity index is 814. The highest BCUT2D eigenvalue weighted by Crippen LogP contribution is 2.24. The van der Waals surface area contributed by atoms with Gasteiger partial charge in [-0.25, -0.2) is 0 Å². The molecule has 1 aliphatic heterocycles. The molecule has 1 saturated heterocycles. The Kier molecular flexibility index (Phi) is 4.82. The van der Waals surface area contributed by atoms with E-state index in [1.165, 1.54) is 24.8 Å². The molecule has 1 atom stereocenters. The standard InChI is InChI=1S/C20H23N3O/c1-14-11-18(19(12-21)20(24)22-14)17-8-6-16(7-9-17)13-23-10-4-3-5-15(23)2/h6-9,11,15H,3-5,10,13H2,1-2H3,(H,22,24). The molecule has 1 N–H and O–H groups in total. The summed E-state index contributed by atoms with van der Waals surface area (Å²) in [7, 11) is 0. The molecule has 24 heavy (non-hydrogen) atoms. The van der Waals surface area contributed by atoms with Crippen molar-refractivity contribution in [3.63, 3.8) is 0 Å². The van der Waals surface area contributed by atoms with E-state index in [9.17, 15) is 10.1 Å². The maximum atomic E-state index is 11.9. The van der Waals surface area contributed by atoms with Gasteiger partial charge in [0.15, 0.2) is 0 Å². The summed E-state index contributed by atoms with van der Waals surface area (Å²) in [6, 6.07) is 12.8. The predicted molar refractivity (Wildman–Crippen MR) is 95.7 cm³/mol. The number of aryl methyl sites for hydroxylation is 1. The number of hydrogen-bond acceptors (Lipinski definition) is 3. The second-order valence-corrected chi connectivity index (χ2v) is 6.69. The minimum Gasteiger partial charge on any atom is -0.325 e. The highest BCUT2D eigenvalue weighted by atomic mass is 16.1. The van der Waals surface area contributed by atoms with Crippen LogP contribution < -0.4 is 5.56 Å². The molecule has 1 unspecified atom stereocenters. The average molecular weight is 321 g/mol. The van der Waals surface area contributed by atoms with Gasteiger partial charge in [0.25, 0.3) is 5.56 Å². The quantitative estimate of drug-likeness (QED) is 0.939. The molecule has 1 fully saturated rings. The van der Waals surface area contributed by atoms with E-state index in [0.717, 1.165) is 24.3 Å². The monoisotopic (exact) mass is 321 g/mol. The van der Waals surface area contributed by atoms with Gasteiger partial charge in [-0.15, -0.1) is 0 Å². The number of aromatic amines is 1. The number of pyridine rings is 1. The SMILES string of the molecule is Cc1cc(-c2ccc(CN3CCCCC3C)cc2)c(C#N)c(=O)[nH]1. The fourth-order valence-electron chi connectivity index (χ4n) is 3.44. The number of piperidine rings is 1. The second-order valence-electron chi connectivity index (χ2n) is 6.69. The summed E-state index contributed by atoms with van der Waals surface area (Å²) in [4.78, 5) is 17.2. The first-order chi connectivity index (χ1) is 11.6. The molecule has 1 aromatic carbocycles. The van der Waals surface area contributed by atoms with E-state index in [4.69, 9.17) is 0 Å². The van der Waals surface area contributed by atoms with Crippen LogP contribution in [0.3, 0.4) is 0 Å². The van der Waals surface area contributed by atoms with Gasteiger partial charge >= 0.3 is 0 Å². The van der Waals surface area contributed by atoms with Gasteiger partial charge in [-0.1, -0.05) is 30.7 Å². The van der Waals surface area contributed by atoms with E-state index >= 15 is 0 Å². The first-order valence-electron chi connectivity index (χ1n) is 8.56. The Balaban J connectivity index is 1.85. The summed E-state index contributed by atoms with van der Waals surface area (Å²) < 4.78 is 0. The van der Waals surface area contributed by atoms with Gasteiger partial charge in [0.1, 0.15) is 11.6 Å². The van der Waals surface area contributed by atoms with Crippen molar-refractivity contribution in [1.82, 2.24) is 9.88 Å². The summed E-state index contributed by atoms with van der Waals surface area (Å²) in [5.41, 5.74) is 3.51. The molecule has 4 heteroatoms. The lowest BCUT2D eigenvalue weighted by atomic mass is 9.99. The van der Waals surface area contributed by atoms with Crippen molar-refractivity contribution in [2.75, 3.05) is 6.54 Å². The Morgan fingerprint density at radius 3 is 2.71 bits per heavy atom. The van der Waals surface area contributed by atoms with E-state index in [1.54, 1.807) is 0 Å². The van der Waals surface area contributed by atoms with Crippen LogP contribution in [0.15, 0.2) is 35.1 Å². The van der Waals surface area contributed by atoms with Crippen LogP contribution in [-0.4, -0.2) is 22.5 Å². The number of hydrogen-bond donors (Lipinski definition) is 1. The molecule has 0 amide bonds. The van der Waals surface area contributed by atoms with E-state index in [2.05, 4.69) is 28.9 Å². The molecule has 1 aromatic heterocycles. The molecular formula is C20H23N3O. The van der Waals surface area contributed by atoms with Gasteiger partial charge in [-0.3, -0.25) is 9.69 Å². The van der Waals surface area contributed by atoms with Gasteiger partial charge in [0.2, 0.25) is 0 Å². The first-order valence-corrected chi connectivity index (χ1v) is 8.56. The van der Waals surface area contributed by atoms with Crippen molar-refractivity contribution < 1.29 is 0 Å². The third-order valence-corrected chi connectivity index (χ3v) is 4.87. The molecule has 1 aliphatic rings. The largest absolute Gasteiger partial charge is 0.325 e. The lowest BCUT2D eigenvalue weighted by Crippen LogP contribution is -2.36. The Labute approximate surface area is 142 Å². The fraction of sp³-hybridized carbons (Fsp3) is 0.400. The van der Waals surface area contributed by atoms with Gasteiger partial charge in [0.05, 0.1) is 0 Å². The van der Waals surface area contributed by atoms with Crippen LogP contribution in [0.1, 0.15) is 43.0 Å². The van der Waals surface area contributed by atoms with Gasteiger partial charge < -0.3 is 4.98 Å². The molecule has 0 spiro atoms. The summed E-state index contributed by atoms with van der Waals surface area (Å²) in [6.45, 7) is 6.25. The molecule has 4 nitrogen and oxygen atoms in total. The normalized spacial score (nSPS) is 18.3. The summed E-state index contributed by atoms with van der Waals surface area (Å²) in [6.07, 6.45) is 3.88. The van der Waals surface area contributed by atoms with Crippen LogP contribution in [0.25, 0.3) is 11.1 Å². The zero-order chi connectivity index (χ0) is 17.1. The van der Waals surface area contributed by atoms with Crippen molar-refractivity contribution in [2.45, 2.75) is 45.7 Å². The average Bonchev–Trinajstić information content (AvgIpc) is 2.57. The number of rotatable bonds is 3.